The molecule has 0 unspecified atom stereocenters. The summed E-state index contributed by atoms with van der Waals surface area (Å²) in [5.74, 6) is -0.320. The lowest BCUT2D eigenvalue weighted by molar-refractivity contribution is -0.136. The first kappa shape index (κ1) is 17.0. The molecule has 2 aromatic carbocycles. The summed E-state index contributed by atoms with van der Waals surface area (Å²) in [7, 11) is 0. The molecule has 2 N–H and O–H groups in total. The van der Waals surface area contributed by atoms with Crippen molar-refractivity contribution in [2.45, 2.75) is 17.7 Å². The van der Waals surface area contributed by atoms with Crippen LogP contribution in [0.1, 0.15) is 17.0 Å². The van der Waals surface area contributed by atoms with E-state index in [2.05, 4.69) is 21.6 Å². The van der Waals surface area contributed by atoms with Gasteiger partial charge in [0.15, 0.2) is 0 Å². The van der Waals surface area contributed by atoms with Gasteiger partial charge in [-0.3, -0.25) is 4.79 Å². The van der Waals surface area contributed by atoms with Crippen LogP contribution in [-0.4, -0.2) is 27.5 Å². The molecule has 3 aromatic rings. The number of carbonyl (C=O) groups is 1. The van der Waals surface area contributed by atoms with Crippen LogP contribution in [0.25, 0.3) is 0 Å². The van der Waals surface area contributed by atoms with Crippen molar-refractivity contribution in [3.05, 3.63) is 65.5 Å². The number of benzene rings is 2. The molecule has 0 bridgehead atoms. The van der Waals surface area contributed by atoms with E-state index in [-0.39, 0.29) is 6.42 Å². The molecular formula is C18H17N3O3S. The molecule has 25 heavy (non-hydrogen) atoms. The molecule has 0 atom stereocenters. The molecule has 0 aliphatic rings. The average Bonchev–Trinajstić information content (AvgIpc) is 3.04. The topological polar surface area (TPSA) is 88.2 Å². The number of hydrogen-bond acceptors (Lipinski definition) is 6. The number of carboxylic acid groups (broad SMARTS) is 1. The minimum absolute atomic E-state index is 0.000164. The van der Waals surface area contributed by atoms with E-state index in [1.807, 2.05) is 24.5 Å². The Morgan fingerprint density at radius 2 is 1.92 bits per heavy atom. The first-order chi connectivity index (χ1) is 12.1. The van der Waals surface area contributed by atoms with Gasteiger partial charge in [-0.2, -0.15) is 0 Å². The Kier molecular flexibility index (Phi) is 5.35. The summed E-state index contributed by atoms with van der Waals surface area (Å²) >= 11 is 1.68. The third kappa shape index (κ3) is 4.60. The summed E-state index contributed by atoms with van der Waals surface area (Å²) < 4.78 is 5.65. The van der Waals surface area contributed by atoms with Crippen molar-refractivity contribution in [1.29, 1.82) is 0 Å². The van der Waals surface area contributed by atoms with Gasteiger partial charge in [-0.05, 0) is 35.6 Å². The smallest absolute Gasteiger partial charge is 0.320 e. The van der Waals surface area contributed by atoms with Crippen molar-refractivity contribution in [3.8, 4) is 0 Å². The highest BCUT2D eigenvalue weighted by atomic mass is 32.2. The monoisotopic (exact) mass is 355 g/mol. The minimum Gasteiger partial charge on any atom is -0.481 e. The van der Waals surface area contributed by atoms with Gasteiger partial charge in [0, 0.05) is 10.6 Å². The number of rotatable bonds is 7. The Labute approximate surface area is 149 Å². The predicted molar refractivity (Wildman–Crippen MR) is 96.4 cm³/mol. The largest absolute Gasteiger partial charge is 0.481 e. The molecule has 1 aromatic heterocycles. The van der Waals surface area contributed by atoms with Gasteiger partial charge in [-0.25, -0.2) is 0 Å². The fourth-order valence-corrected chi connectivity index (χ4v) is 3.01. The zero-order valence-electron chi connectivity index (χ0n) is 13.6. The molecule has 0 aliphatic heterocycles. The third-order valence-electron chi connectivity index (χ3n) is 3.56. The second-order valence-corrected chi connectivity index (χ2v) is 6.23. The Bertz CT molecular complexity index is 862. The lowest BCUT2D eigenvalue weighted by Gasteiger charge is -2.04. The molecular weight excluding hydrogens is 338 g/mol. The number of hydrogen-bond donors (Lipinski definition) is 2. The summed E-state index contributed by atoms with van der Waals surface area (Å²) in [6.07, 6.45) is 2.61. The van der Waals surface area contributed by atoms with Crippen LogP contribution < -0.4 is 5.32 Å². The highest BCUT2D eigenvalue weighted by Crippen LogP contribution is 2.23. The van der Waals surface area contributed by atoms with E-state index in [0.29, 0.717) is 18.3 Å². The van der Waals surface area contributed by atoms with Crippen LogP contribution in [0, 0.1) is 0 Å². The van der Waals surface area contributed by atoms with Gasteiger partial charge in [0.05, 0.1) is 12.8 Å². The van der Waals surface area contributed by atoms with Gasteiger partial charge in [0.1, 0.15) is 0 Å². The first-order valence-electron chi connectivity index (χ1n) is 7.66. The molecule has 128 valence electrons. The van der Waals surface area contributed by atoms with Crippen LogP contribution in [0.15, 0.2) is 57.8 Å². The van der Waals surface area contributed by atoms with E-state index in [9.17, 15) is 4.79 Å². The zero-order chi connectivity index (χ0) is 17.6. The second kappa shape index (κ2) is 7.85. The molecule has 0 fully saturated rings. The maximum Gasteiger partial charge on any atom is 0.320 e. The van der Waals surface area contributed by atoms with Crippen LogP contribution in [0.5, 0.6) is 0 Å². The molecule has 0 saturated heterocycles. The highest BCUT2D eigenvalue weighted by molar-refractivity contribution is 7.98. The standard InChI is InChI=1S/C18H17N3O3S/c1-25-15-5-3-2-4-13(15)11-16-20-21-18(24-16)19-14-8-6-12(7-9-14)10-17(22)23/h2-9H,10-11H2,1H3,(H,19,21)(H,22,23). The minimum atomic E-state index is -0.854. The summed E-state index contributed by atoms with van der Waals surface area (Å²) in [4.78, 5) is 11.9. The van der Waals surface area contributed by atoms with Gasteiger partial charge >= 0.3 is 12.0 Å². The molecule has 6 nitrogen and oxygen atoms in total. The number of carboxylic acids is 1. The quantitative estimate of drug-likeness (QED) is 0.624. The van der Waals surface area contributed by atoms with E-state index in [1.165, 1.54) is 4.90 Å². The van der Waals surface area contributed by atoms with E-state index in [1.54, 1.807) is 36.0 Å². The lowest BCUT2D eigenvalue weighted by atomic mass is 10.1. The first-order valence-corrected chi connectivity index (χ1v) is 8.88. The number of aliphatic carboxylic acids is 1. The van der Waals surface area contributed by atoms with E-state index in [4.69, 9.17) is 9.52 Å². The molecule has 1 heterocycles. The van der Waals surface area contributed by atoms with Crippen molar-refractivity contribution in [1.82, 2.24) is 10.2 Å². The highest BCUT2D eigenvalue weighted by Gasteiger charge is 2.10. The fourth-order valence-electron chi connectivity index (χ4n) is 2.39. The normalized spacial score (nSPS) is 10.6. The number of aromatic nitrogens is 2. The van der Waals surface area contributed by atoms with E-state index in [0.717, 1.165) is 16.8 Å². The summed E-state index contributed by atoms with van der Waals surface area (Å²) in [5.41, 5.74) is 2.63. The van der Waals surface area contributed by atoms with Gasteiger partial charge in [0.25, 0.3) is 0 Å². The fraction of sp³-hybridized carbons (Fsp3) is 0.167. The van der Waals surface area contributed by atoms with Crippen LogP contribution >= 0.6 is 11.8 Å². The lowest BCUT2D eigenvalue weighted by Crippen LogP contribution is -1.99. The number of anilines is 2. The molecule has 0 amide bonds. The van der Waals surface area contributed by atoms with Crippen LogP contribution in [0.3, 0.4) is 0 Å². The third-order valence-corrected chi connectivity index (χ3v) is 4.40. The van der Waals surface area contributed by atoms with Crippen molar-refractivity contribution in [2.24, 2.45) is 0 Å². The van der Waals surface area contributed by atoms with Crippen molar-refractivity contribution in [2.75, 3.05) is 11.6 Å². The summed E-state index contributed by atoms with van der Waals surface area (Å²) in [6, 6.07) is 15.5. The molecule has 0 aliphatic carbocycles. The molecule has 0 radical (unpaired) electrons. The summed E-state index contributed by atoms with van der Waals surface area (Å²) in [6.45, 7) is 0. The Hall–Kier alpha value is -2.80. The zero-order valence-corrected chi connectivity index (χ0v) is 14.4. The molecule has 0 spiro atoms. The van der Waals surface area contributed by atoms with Crippen LogP contribution in [-0.2, 0) is 17.6 Å². The van der Waals surface area contributed by atoms with Crippen molar-refractivity contribution >= 4 is 29.4 Å². The Morgan fingerprint density at radius 1 is 1.16 bits per heavy atom. The SMILES string of the molecule is CSc1ccccc1Cc1nnc(Nc2ccc(CC(=O)O)cc2)o1. The molecule has 7 heteroatoms. The average molecular weight is 355 g/mol. The molecule has 3 rings (SSSR count). The Balaban J connectivity index is 1.66. The van der Waals surface area contributed by atoms with Gasteiger partial charge in [0.2, 0.25) is 5.89 Å². The second-order valence-electron chi connectivity index (χ2n) is 5.38. The number of nitrogens with one attached hydrogen (secondary N) is 1. The van der Waals surface area contributed by atoms with Gasteiger partial charge in [-0.15, -0.1) is 16.9 Å². The van der Waals surface area contributed by atoms with E-state index < -0.39 is 5.97 Å². The number of nitrogens with zero attached hydrogens (tertiary/aromatic N) is 2. The van der Waals surface area contributed by atoms with E-state index >= 15 is 0 Å². The maximum absolute atomic E-state index is 10.7. The van der Waals surface area contributed by atoms with Gasteiger partial charge < -0.3 is 14.8 Å². The van der Waals surface area contributed by atoms with Crippen LogP contribution in [0.2, 0.25) is 0 Å². The van der Waals surface area contributed by atoms with Crippen LogP contribution in [0.4, 0.5) is 11.7 Å². The van der Waals surface area contributed by atoms with Crippen molar-refractivity contribution < 1.29 is 14.3 Å². The maximum atomic E-state index is 10.7. The number of thioether (sulfide) groups is 1. The molecule has 0 saturated carbocycles. The Morgan fingerprint density at radius 3 is 2.64 bits per heavy atom. The summed E-state index contributed by atoms with van der Waals surface area (Å²) in [5, 5.41) is 19.9. The van der Waals surface area contributed by atoms with Crippen molar-refractivity contribution in [3.63, 3.8) is 0 Å². The predicted octanol–water partition coefficient (Wildman–Crippen LogP) is 3.75. The van der Waals surface area contributed by atoms with Gasteiger partial charge in [-0.1, -0.05) is 35.4 Å².